The van der Waals surface area contributed by atoms with E-state index in [9.17, 15) is 28.8 Å². The van der Waals surface area contributed by atoms with E-state index in [1.54, 1.807) is 0 Å². The molecule has 1 atom stereocenters. The maximum Gasteiger partial charge on any atom is 0.282 e. The van der Waals surface area contributed by atoms with Crippen molar-refractivity contribution in [2.75, 3.05) is 6.54 Å². The van der Waals surface area contributed by atoms with E-state index in [0.29, 0.717) is 5.56 Å². The molecule has 1 unspecified atom stereocenters. The van der Waals surface area contributed by atoms with Crippen LogP contribution in [0.3, 0.4) is 0 Å². The Morgan fingerprint density at radius 3 is 2.38 bits per heavy atom. The van der Waals surface area contributed by atoms with Crippen LogP contribution in [0.15, 0.2) is 42.5 Å². The van der Waals surface area contributed by atoms with Crippen LogP contribution in [0.2, 0.25) is 0 Å². The lowest BCUT2D eigenvalue weighted by molar-refractivity contribution is -0.385. The Labute approximate surface area is 135 Å². The molecule has 0 aliphatic rings. The highest BCUT2D eigenvalue weighted by atomic mass is 19.1. The largest absolute Gasteiger partial charge is 0.384 e. The van der Waals surface area contributed by atoms with Gasteiger partial charge in [-0.1, -0.05) is 12.1 Å². The fraction of sp³-hybridized carbons (Fsp3) is 0.188. The van der Waals surface area contributed by atoms with E-state index in [-0.39, 0.29) is 6.54 Å². The summed E-state index contributed by atoms with van der Waals surface area (Å²) in [4.78, 5) is 22.2. The molecular weight excluding hydrogens is 322 g/mol. The number of rotatable bonds is 5. The number of aliphatic hydroxyl groups is 1. The molecule has 0 radical (unpaired) electrons. The first kappa shape index (κ1) is 17.5. The summed E-state index contributed by atoms with van der Waals surface area (Å²) in [6, 6.07) is 7.54. The van der Waals surface area contributed by atoms with Gasteiger partial charge in [0.05, 0.1) is 11.5 Å². The highest BCUT2D eigenvalue weighted by molar-refractivity contribution is 5.98. The number of amides is 1. The molecule has 6 nitrogen and oxygen atoms in total. The molecule has 2 N–H and O–H groups in total. The van der Waals surface area contributed by atoms with Crippen molar-refractivity contribution in [2.45, 2.75) is 12.5 Å². The molecule has 0 aliphatic heterocycles. The molecule has 0 saturated heterocycles. The summed E-state index contributed by atoms with van der Waals surface area (Å²) in [5.74, 6) is -2.17. The molecule has 0 aromatic heterocycles. The van der Waals surface area contributed by atoms with Crippen molar-refractivity contribution in [3.05, 3.63) is 75.3 Å². The highest BCUT2D eigenvalue weighted by Crippen LogP contribution is 2.22. The average Bonchev–Trinajstić information content (AvgIpc) is 2.52. The van der Waals surface area contributed by atoms with E-state index in [1.165, 1.54) is 19.1 Å². The molecule has 0 aliphatic carbocycles. The number of benzene rings is 2. The fourth-order valence-corrected chi connectivity index (χ4v) is 2.11. The summed E-state index contributed by atoms with van der Waals surface area (Å²) in [6.45, 7) is 1.09. The van der Waals surface area contributed by atoms with E-state index < -0.39 is 39.3 Å². The van der Waals surface area contributed by atoms with Crippen LogP contribution in [-0.2, 0) is 5.60 Å². The third-order valence-corrected chi connectivity index (χ3v) is 3.46. The van der Waals surface area contributed by atoms with Crippen molar-refractivity contribution in [2.24, 2.45) is 0 Å². The zero-order chi connectivity index (χ0) is 17.9. The predicted octanol–water partition coefficient (Wildman–Crippen LogP) is 2.51. The number of hydrogen-bond acceptors (Lipinski definition) is 4. The maximum atomic E-state index is 13.3. The molecule has 0 heterocycles. The number of nitro groups is 1. The maximum absolute atomic E-state index is 13.3. The Balaban J connectivity index is 2.17. The lowest BCUT2D eigenvalue weighted by Gasteiger charge is -2.24. The minimum absolute atomic E-state index is 0.300. The van der Waals surface area contributed by atoms with Gasteiger partial charge >= 0.3 is 0 Å². The van der Waals surface area contributed by atoms with Gasteiger partial charge in [-0.15, -0.1) is 0 Å². The number of nitrogens with zero attached hydrogens (tertiary/aromatic N) is 1. The van der Waals surface area contributed by atoms with Crippen molar-refractivity contribution in [3.63, 3.8) is 0 Å². The predicted molar refractivity (Wildman–Crippen MR) is 81.4 cm³/mol. The zero-order valence-electron chi connectivity index (χ0n) is 12.6. The van der Waals surface area contributed by atoms with Crippen LogP contribution in [0.25, 0.3) is 0 Å². The van der Waals surface area contributed by atoms with E-state index in [4.69, 9.17) is 0 Å². The summed E-state index contributed by atoms with van der Waals surface area (Å²) in [5.41, 5.74) is -2.19. The molecule has 0 spiro atoms. The summed E-state index contributed by atoms with van der Waals surface area (Å²) < 4.78 is 26.2. The number of halogens is 2. The van der Waals surface area contributed by atoms with Crippen molar-refractivity contribution >= 4 is 11.6 Å². The van der Waals surface area contributed by atoms with Gasteiger partial charge in [-0.3, -0.25) is 14.9 Å². The smallest absolute Gasteiger partial charge is 0.282 e. The topological polar surface area (TPSA) is 92.5 Å². The summed E-state index contributed by atoms with van der Waals surface area (Å²) >= 11 is 0. The van der Waals surface area contributed by atoms with Gasteiger partial charge in [-0.25, -0.2) is 8.78 Å². The molecule has 1 amide bonds. The van der Waals surface area contributed by atoms with Gasteiger partial charge < -0.3 is 10.4 Å². The normalized spacial score (nSPS) is 13.2. The van der Waals surface area contributed by atoms with E-state index in [2.05, 4.69) is 5.32 Å². The molecular formula is C16H14F2N2O4. The van der Waals surface area contributed by atoms with Gasteiger partial charge in [0.2, 0.25) is 0 Å². The minimum Gasteiger partial charge on any atom is -0.384 e. The summed E-state index contributed by atoms with van der Waals surface area (Å²) in [5, 5.41) is 23.6. The Morgan fingerprint density at radius 1 is 1.21 bits per heavy atom. The molecule has 2 aromatic rings. The number of carbonyl (C=O) groups excluding carboxylic acids is 1. The fourth-order valence-electron chi connectivity index (χ4n) is 2.11. The van der Waals surface area contributed by atoms with Crippen LogP contribution in [-0.4, -0.2) is 22.5 Å². The molecule has 24 heavy (non-hydrogen) atoms. The Bertz CT molecular complexity index is 776. The first-order valence-corrected chi connectivity index (χ1v) is 6.91. The standard InChI is InChI=1S/C16H14F2N2O4/c1-16(22,10-2-4-11(17)5-3-10)9-19-15(21)13-8-12(18)6-7-14(13)20(23)24/h2-8,22H,9H2,1H3,(H,19,21). The van der Waals surface area contributed by atoms with Crippen molar-refractivity contribution in [3.8, 4) is 0 Å². The second-order valence-corrected chi connectivity index (χ2v) is 5.38. The number of hydrogen-bond donors (Lipinski definition) is 2. The second-order valence-electron chi connectivity index (χ2n) is 5.38. The Morgan fingerprint density at radius 2 is 1.79 bits per heavy atom. The van der Waals surface area contributed by atoms with Gasteiger partial charge in [0, 0.05) is 6.07 Å². The molecule has 0 bridgehead atoms. The number of nitrogens with one attached hydrogen (secondary N) is 1. The van der Waals surface area contributed by atoms with Crippen molar-refractivity contribution < 1.29 is 23.6 Å². The third kappa shape index (κ3) is 3.90. The number of nitro benzene ring substituents is 1. The molecule has 8 heteroatoms. The number of carbonyl (C=O) groups is 1. The summed E-state index contributed by atoms with van der Waals surface area (Å²) in [7, 11) is 0. The van der Waals surface area contributed by atoms with Crippen molar-refractivity contribution in [1.82, 2.24) is 5.32 Å². The average molecular weight is 336 g/mol. The lowest BCUT2D eigenvalue weighted by Crippen LogP contribution is -2.38. The molecule has 2 rings (SSSR count). The third-order valence-electron chi connectivity index (χ3n) is 3.46. The summed E-state index contributed by atoms with van der Waals surface area (Å²) in [6.07, 6.45) is 0. The Kier molecular flexibility index (Phi) is 4.89. The lowest BCUT2D eigenvalue weighted by atomic mass is 9.96. The molecule has 126 valence electrons. The Hall–Kier alpha value is -2.87. The van der Waals surface area contributed by atoms with Crippen LogP contribution < -0.4 is 5.32 Å². The molecule has 0 fully saturated rings. The van der Waals surface area contributed by atoms with Gasteiger partial charge in [0.15, 0.2) is 0 Å². The van der Waals surface area contributed by atoms with Crippen LogP contribution in [0.1, 0.15) is 22.8 Å². The molecule has 2 aromatic carbocycles. The van der Waals surface area contributed by atoms with Gasteiger partial charge in [0.1, 0.15) is 22.8 Å². The van der Waals surface area contributed by atoms with Crippen molar-refractivity contribution in [1.29, 1.82) is 0 Å². The van der Waals surface area contributed by atoms with Crippen LogP contribution in [0.5, 0.6) is 0 Å². The minimum atomic E-state index is -1.54. The molecule has 0 saturated carbocycles. The van der Waals surface area contributed by atoms with Crippen LogP contribution in [0.4, 0.5) is 14.5 Å². The van der Waals surface area contributed by atoms with E-state index in [0.717, 1.165) is 30.3 Å². The first-order valence-electron chi connectivity index (χ1n) is 6.91. The van der Waals surface area contributed by atoms with Gasteiger partial charge in [-0.2, -0.15) is 0 Å². The van der Waals surface area contributed by atoms with Gasteiger partial charge in [0.25, 0.3) is 11.6 Å². The SMILES string of the molecule is CC(O)(CNC(=O)c1cc(F)ccc1[N+](=O)[O-])c1ccc(F)cc1. The van der Waals surface area contributed by atoms with Crippen LogP contribution >= 0.6 is 0 Å². The second kappa shape index (κ2) is 6.71. The van der Waals surface area contributed by atoms with E-state index >= 15 is 0 Å². The highest BCUT2D eigenvalue weighted by Gasteiger charge is 2.26. The first-order chi connectivity index (χ1) is 11.2. The van der Waals surface area contributed by atoms with E-state index in [1.807, 2.05) is 0 Å². The monoisotopic (exact) mass is 336 g/mol. The quantitative estimate of drug-likeness (QED) is 0.648. The van der Waals surface area contributed by atoms with Gasteiger partial charge in [-0.05, 0) is 36.8 Å². The van der Waals surface area contributed by atoms with Crippen LogP contribution in [0, 0.1) is 21.7 Å². The zero-order valence-corrected chi connectivity index (χ0v) is 12.6.